The van der Waals surface area contributed by atoms with Crippen LogP contribution in [0.3, 0.4) is 0 Å². The quantitative estimate of drug-likeness (QED) is 0.657. The van der Waals surface area contributed by atoms with Crippen molar-refractivity contribution in [1.82, 2.24) is 4.90 Å². The second-order valence-corrected chi connectivity index (χ2v) is 7.83. The summed E-state index contributed by atoms with van der Waals surface area (Å²) < 4.78 is 38.4. The predicted molar refractivity (Wildman–Crippen MR) is 104 cm³/mol. The molecule has 28 heavy (non-hydrogen) atoms. The summed E-state index contributed by atoms with van der Waals surface area (Å²) in [4.78, 5) is 14.8. The molecule has 0 N–H and O–H groups in total. The van der Waals surface area contributed by atoms with E-state index in [0.29, 0.717) is 17.9 Å². The lowest BCUT2D eigenvalue weighted by molar-refractivity contribution is -0.137. The van der Waals surface area contributed by atoms with Crippen LogP contribution in [0.2, 0.25) is 0 Å². The largest absolute Gasteiger partial charge is 0.416 e. The van der Waals surface area contributed by atoms with Crippen molar-refractivity contribution >= 4 is 5.78 Å². The Morgan fingerprint density at radius 1 is 1.04 bits per heavy atom. The Hall–Kier alpha value is -2.14. The molecule has 2 nitrogen and oxygen atoms in total. The van der Waals surface area contributed by atoms with Gasteiger partial charge in [0.15, 0.2) is 0 Å². The van der Waals surface area contributed by atoms with Crippen molar-refractivity contribution in [2.75, 3.05) is 13.1 Å². The van der Waals surface area contributed by atoms with E-state index in [0.717, 1.165) is 44.6 Å². The molecule has 1 fully saturated rings. The zero-order valence-electron chi connectivity index (χ0n) is 16.1. The zero-order chi connectivity index (χ0) is 20.1. The molecule has 1 saturated heterocycles. The minimum absolute atomic E-state index is 0.0245. The van der Waals surface area contributed by atoms with Gasteiger partial charge in [0, 0.05) is 19.4 Å². The van der Waals surface area contributed by atoms with E-state index >= 15 is 0 Å². The number of carbonyl (C=O) groups excluding carboxylic acids is 1. The van der Waals surface area contributed by atoms with Crippen LogP contribution in [-0.4, -0.2) is 23.8 Å². The summed E-state index contributed by atoms with van der Waals surface area (Å²) >= 11 is 0. The number of hydrogen-bond acceptors (Lipinski definition) is 2. The Labute approximate surface area is 164 Å². The van der Waals surface area contributed by atoms with E-state index in [1.54, 1.807) is 6.07 Å². The molecule has 0 radical (unpaired) electrons. The van der Waals surface area contributed by atoms with E-state index in [9.17, 15) is 18.0 Å². The highest BCUT2D eigenvalue weighted by atomic mass is 19.4. The van der Waals surface area contributed by atoms with Crippen molar-refractivity contribution in [3.63, 3.8) is 0 Å². The fourth-order valence-electron chi connectivity index (χ4n) is 3.90. The minimum atomic E-state index is -4.37. The van der Waals surface area contributed by atoms with Crippen LogP contribution >= 0.6 is 0 Å². The monoisotopic (exact) mass is 389 g/mol. The molecule has 5 heteroatoms. The SMILES string of the molecule is Cc1cccc(CN2CCC(CC(=O)Cc3cccc(C(F)(F)F)c3)CC2)c1. The topological polar surface area (TPSA) is 20.3 Å². The molecule has 0 atom stereocenters. The van der Waals surface area contributed by atoms with Crippen LogP contribution in [0.15, 0.2) is 48.5 Å². The summed E-state index contributed by atoms with van der Waals surface area (Å²) in [5.74, 6) is 0.350. The molecule has 1 aliphatic heterocycles. The molecule has 0 saturated carbocycles. The predicted octanol–water partition coefficient (Wildman–Crippen LogP) is 5.43. The van der Waals surface area contributed by atoms with Crippen molar-refractivity contribution in [1.29, 1.82) is 0 Å². The molecule has 0 aliphatic carbocycles. The third kappa shape index (κ3) is 5.93. The summed E-state index contributed by atoms with van der Waals surface area (Å²) in [6.07, 6.45) is -1.93. The van der Waals surface area contributed by atoms with Gasteiger partial charge in [0.2, 0.25) is 0 Å². The average molecular weight is 389 g/mol. The first kappa shape index (κ1) is 20.6. The Balaban J connectivity index is 1.46. The van der Waals surface area contributed by atoms with Gasteiger partial charge >= 0.3 is 6.18 Å². The first-order valence-corrected chi connectivity index (χ1v) is 9.75. The number of likely N-dealkylation sites (tertiary alicyclic amines) is 1. The molecule has 1 aliphatic rings. The molecule has 2 aromatic rings. The van der Waals surface area contributed by atoms with E-state index < -0.39 is 11.7 Å². The number of carbonyl (C=O) groups is 1. The van der Waals surface area contributed by atoms with Crippen LogP contribution < -0.4 is 0 Å². The first-order chi connectivity index (χ1) is 13.3. The number of Topliss-reactive ketones (excluding diaryl/α,β-unsaturated/α-hetero) is 1. The number of nitrogens with zero attached hydrogens (tertiary/aromatic N) is 1. The van der Waals surface area contributed by atoms with Gasteiger partial charge in [0.25, 0.3) is 0 Å². The number of benzene rings is 2. The smallest absolute Gasteiger partial charge is 0.299 e. The maximum atomic E-state index is 12.8. The van der Waals surface area contributed by atoms with Crippen molar-refractivity contribution in [3.8, 4) is 0 Å². The second kappa shape index (κ2) is 8.91. The molecule has 0 aromatic heterocycles. The van der Waals surface area contributed by atoms with Gasteiger partial charge in [0.05, 0.1) is 5.56 Å². The third-order valence-electron chi connectivity index (χ3n) is 5.37. The van der Waals surface area contributed by atoms with Crippen molar-refractivity contribution in [2.45, 2.75) is 45.3 Å². The number of ketones is 1. The van der Waals surface area contributed by atoms with Gasteiger partial charge in [-0.25, -0.2) is 0 Å². The Kier molecular flexibility index (Phi) is 6.55. The third-order valence-corrected chi connectivity index (χ3v) is 5.37. The van der Waals surface area contributed by atoms with E-state index in [4.69, 9.17) is 0 Å². The van der Waals surface area contributed by atoms with Crippen molar-refractivity contribution in [3.05, 3.63) is 70.8 Å². The van der Waals surface area contributed by atoms with Gasteiger partial charge in [-0.15, -0.1) is 0 Å². The van der Waals surface area contributed by atoms with Gasteiger partial charge in [-0.2, -0.15) is 13.2 Å². The Morgan fingerprint density at radius 3 is 2.39 bits per heavy atom. The van der Waals surface area contributed by atoms with E-state index in [1.165, 1.54) is 17.2 Å². The van der Waals surface area contributed by atoms with Gasteiger partial charge < -0.3 is 0 Å². The molecule has 0 spiro atoms. The number of piperidine rings is 1. The lowest BCUT2D eigenvalue weighted by atomic mass is 9.89. The highest BCUT2D eigenvalue weighted by Crippen LogP contribution is 2.30. The number of rotatable bonds is 6. The Morgan fingerprint density at radius 2 is 1.71 bits per heavy atom. The van der Waals surface area contributed by atoms with Crippen LogP contribution in [0.4, 0.5) is 13.2 Å². The Bertz CT molecular complexity index is 807. The molecule has 0 bridgehead atoms. The fourth-order valence-corrected chi connectivity index (χ4v) is 3.90. The standard InChI is InChI=1S/C23H26F3NO/c1-17-4-2-6-20(12-17)16-27-10-8-18(9-11-27)14-22(28)15-19-5-3-7-21(13-19)23(24,25)26/h2-7,12-13,18H,8-11,14-16H2,1H3. The zero-order valence-corrected chi connectivity index (χ0v) is 16.1. The molecule has 0 amide bonds. The first-order valence-electron chi connectivity index (χ1n) is 9.75. The minimum Gasteiger partial charge on any atom is -0.299 e. The molecular weight excluding hydrogens is 363 g/mol. The number of alkyl halides is 3. The van der Waals surface area contributed by atoms with Crippen LogP contribution in [0, 0.1) is 12.8 Å². The summed E-state index contributed by atoms with van der Waals surface area (Å²) in [7, 11) is 0. The van der Waals surface area contributed by atoms with Crippen LogP contribution in [0.1, 0.15) is 41.5 Å². The van der Waals surface area contributed by atoms with Gasteiger partial charge in [-0.1, -0.05) is 48.0 Å². The van der Waals surface area contributed by atoms with E-state index in [2.05, 4.69) is 36.1 Å². The molecule has 2 aromatic carbocycles. The molecule has 3 rings (SSSR count). The normalized spacial score (nSPS) is 16.3. The lowest BCUT2D eigenvalue weighted by Crippen LogP contribution is -2.34. The maximum absolute atomic E-state index is 12.8. The number of halogens is 3. The second-order valence-electron chi connectivity index (χ2n) is 7.83. The van der Waals surface area contributed by atoms with Gasteiger partial charge in [0.1, 0.15) is 5.78 Å². The van der Waals surface area contributed by atoms with Gasteiger partial charge in [-0.05, 0) is 56.0 Å². The summed E-state index contributed by atoms with van der Waals surface area (Å²) in [5.41, 5.74) is 2.31. The van der Waals surface area contributed by atoms with E-state index in [1.807, 2.05) is 0 Å². The molecular formula is C23H26F3NO. The average Bonchev–Trinajstić information content (AvgIpc) is 2.63. The molecule has 150 valence electrons. The highest BCUT2D eigenvalue weighted by molar-refractivity contribution is 5.81. The van der Waals surface area contributed by atoms with Crippen LogP contribution in [-0.2, 0) is 23.9 Å². The maximum Gasteiger partial charge on any atom is 0.416 e. The molecule has 1 heterocycles. The van der Waals surface area contributed by atoms with E-state index in [-0.39, 0.29) is 12.2 Å². The van der Waals surface area contributed by atoms with Crippen molar-refractivity contribution in [2.24, 2.45) is 5.92 Å². The lowest BCUT2D eigenvalue weighted by Gasteiger charge is -2.31. The van der Waals surface area contributed by atoms with Crippen LogP contribution in [0.5, 0.6) is 0 Å². The fraction of sp³-hybridized carbons (Fsp3) is 0.435. The van der Waals surface area contributed by atoms with Gasteiger partial charge in [-0.3, -0.25) is 9.69 Å². The van der Waals surface area contributed by atoms with Crippen LogP contribution in [0.25, 0.3) is 0 Å². The highest BCUT2D eigenvalue weighted by Gasteiger charge is 2.30. The summed E-state index contributed by atoms with van der Waals surface area (Å²) in [6.45, 7) is 4.92. The summed E-state index contributed by atoms with van der Waals surface area (Å²) in [6, 6.07) is 13.6. The number of hydrogen-bond donors (Lipinski definition) is 0. The van der Waals surface area contributed by atoms with Crippen molar-refractivity contribution < 1.29 is 18.0 Å². The molecule has 0 unspecified atom stereocenters. The summed E-state index contributed by atoms with van der Waals surface area (Å²) in [5, 5.41) is 0. The number of aryl methyl sites for hydroxylation is 1.